The summed E-state index contributed by atoms with van der Waals surface area (Å²) in [6.07, 6.45) is 31.1. The van der Waals surface area contributed by atoms with Gasteiger partial charge >= 0.3 is 11.9 Å². The van der Waals surface area contributed by atoms with Crippen LogP contribution in [0.5, 0.6) is 0 Å². The van der Waals surface area contributed by atoms with Crippen LogP contribution in [0.4, 0.5) is 0 Å². The average molecular weight is 682 g/mol. The predicted octanol–water partition coefficient (Wildman–Crippen LogP) is 8.63. The third kappa shape index (κ3) is 30.2. The van der Waals surface area contributed by atoms with E-state index in [2.05, 4.69) is 26.0 Å². The number of allylic oxidation sites excluding steroid dienone is 2. The van der Waals surface area contributed by atoms with Gasteiger partial charge in [0.05, 0.1) is 40.3 Å². The van der Waals surface area contributed by atoms with Gasteiger partial charge < -0.3 is 28.6 Å². The van der Waals surface area contributed by atoms with Crippen LogP contribution in [-0.2, 0) is 28.6 Å². The molecular formula is C40H75NO7. The molecule has 8 heteroatoms. The lowest BCUT2D eigenvalue weighted by molar-refractivity contribution is -0.889. The molecule has 0 aliphatic rings. The van der Waals surface area contributed by atoms with E-state index >= 15 is 0 Å². The number of carbonyl (C=O) groups is 3. The molecule has 0 amide bonds. The van der Waals surface area contributed by atoms with Crippen molar-refractivity contribution in [1.29, 1.82) is 0 Å². The normalized spacial score (nSPS) is 13.1. The van der Waals surface area contributed by atoms with Gasteiger partial charge in [0, 0.05) is 19.3 Å². The van der Waals surface area contributed by atoms with Gasteiger partial charge in [-0.15, -0.1) is 0 Å². The third-order valence-corrected chi connectivity index (χ3v) is 8.90. The minimum absolute atomic E-state index is 0.0429. The molecule has 0 aromatic heterocycles. The fraction of sp³-hybridized carbons (Fsp3) is 0.875. The number of carboxylic acids is 1. The maximum atomic E-state index is 12.6. The SMILES string of the molecule is CCCCCCCCC/C=C\CCCCCCCCCC(=O)OC(COCCC(C(=O)[O-])[N+](C)(C)C)COC(=O)CCCCCCCC. The number of ether oxygens (including phenoxy) is 3. The highest BCUT2D eigenvalue weighted by atomic mass is 16.6. The fourth-order valence-corrected chi connectivity index (χ4v) is 5.77. The van der Waals surface area contributed by atoms with Crippen molar-refractivity contribution in [2.45, 2.75) is 187 Å². The molecule has 0 bridgehead atoms. The van der Waals surface area contributed by atoms with E-state index in [0.717, 1.165) is 38.5 Å². The number of unbranched alkanes of at least 4 members (excludes halogenated alkanes) is 19. The van der Waals surface area contributed by atoms with Gasteiger partial charge in [-0.3, -0.25) is 9.59 Å². The quantitative estimate of drug-likeness (QED) is 0.0286. The van der Waals surface area contributed by atoms with Crippen molar-refractivity contribution < 1.29 is 38.2 Å². The van der Waals surface area contributed by atoms with Gasteiger partial charge in [-0.25, -0.2) is 0 Å². The number of rotatable bonds is 35. The van der Waals surface area contributed by atoms with Crippen LogP contribution in [0.1, 0.15) is 174 Å². The standard InChI is InChI=1S/C40H75NO7/c1-6-8-10-12-14-15-16-17-18-19-20-21-22-23-24-25-27-29-31-39(43)48-36(34-46-33-32-37(40(44)45)41(3,4)5)35-47-38(42)30-28-26-13-11-9-7-2/h18-19,36-37H,6-17,20-35H2,1-5H3/b19-18-. The van der Waals surface area contributed by atoms with E-state index < -0.39 is 18.1 Å². The number of nitrogens with zero attached hydrogens (tertiary/aromatic N) is 1. The summed E-state index contributed by atoms with van der Waals surface area (Å²) in [5.74, 6) is -1.75. The lowest BCUT2D eigenvalue weighted by atomic mass is 10.1. The summed E-state index contributed by atoms with van der Waals surface area (Å²) < 4.78 is 17.0. The third-order valence-electron chi connectivity index (χ3n) is 8.90. The number of carboxylic acid groups (broad SMARTS) is 1. The number of hydrogen-bond donors (Lipinski definition) is 0. The van der Waals surface area contributed by atoms with Crippen molar-refractivity contribution >= 4 is 17.9 Å². The number of quaternary nitrogens is 1. The first kappa shape index (κ1) is 46.1. The molecule has 0 heterocycles. The summed E-state index contributed by atoms with van der Waals surface area (Å²) in [6.45, 7) is 4.59. The highest BCUT2D eigenvalue weighted by molar-refractivity contribution is 5.70. The van der Waals surface area contributed by atoms with Gasteiger partial charge in [-0.05, 0) is 38.5 Å². The van der Waals surface area contributed by atoms with E-state index in [-0.39, 0.29) is 42.7 Å². The summed E-state index contributed by atoms with van der Waals surface area (Å²) in [5, 5.41) is 11.5. The van der Waals surface area contributed by atoms with Crippen molar-refractivity contribution in [2.24, 2.45) is 0 Å². The van der Waals surface area contributed by atoms with Crippen molar-refractivity contribution in [3.8, 4) is 0 Å². The Kier molecular flexibility index (Phi) is 31.0. The minimum atomic E-state index is -1.13. The van der Waals surface area contributed by atoms with E-state index in [1.54, 1.807) is 21.1 Å². The van der Waals surface area contributed by atoms with Crippen LogP contribution >= 0.6 is 0 Å². The molecule has 48 heavy (non-hydrogen) atoms. The van der Waals surface area contributed by atoms with Crippen LogP contribution in [0, 0.1) is 0 Å². The second-order valence-electron chi connectivity index (χ2n) is 14.5. The van der Waals surface area contributed by atoms with Crippen LogP contribution in [-0.4, -0.2) is 75.5 Å². The Bertz CT molecular complexity index is 808. The molecule has 0 radical (unpaired) electrons. The number of esters is 2. The smallest absolute Gasteiger partial charge is 0.306 e. The zero-order valence-electron chi connectivity index (χ0n) is 31.9. The summed E-state index contributed by atoms with van der Waals surface area (Å²) in [4.78, 5) is 36.5. The number of likely N-dealkylation sites (N-methyl/N-ethyl adjacent to an activating group) is 1. The van der Waals surface area contributed by atoms with Crippen LogP contribution in [0.25, 0.3) is 0 Å². The second-order valence-corrected chi connectivity index (χ2v) is 14.5. The molecule has 0 N–H and O–H groups in total. The van der Waals surface area contributed by atoms with Gasteiger partial charge in [0.25, 0.3) is 0 Å². The zero-order valence-corrected chi connectivity index (χ0v) is 31.9. The van der Waals surface area contributed by atoms with Gasteiger partial charge in [0.2, 0.25) is 0 Å². The molecule has 2 atom stereocenters. The Hall–Kier alpha value is -1.93. The molecule has 0 aromatic rings. The molecule has 0 aromatic carbocycles. The molecule has 8 nitrogen and oxygen atoms in total. The molecule has 0 saturated carbocycles. The second kappa shape index (κ2) is 32.3. The molecule has 0 rings (SSSR count). The molecular weight excluding hydrogens is 606 g/mol. The van der Waals surface area contributed by atoms with Gasteiger partial charge in [0.15, 0.2) is 6.10 Å². The maximum absolute atomic E-state index is 12.6. The Morgan fingerprint density at radius 2 is 1.04 bits per heavy atom. The first-order valence-corrected chi connectivity index (χ1v) is 19.7. The summed E-state index contributed by atoms with van der Waals surface area (Å²) in [5.41, 5.74) is 0. The largest absolute Gasteiger partial charge is 0.544 e. The lowest BCUT2D eigenvalue weighted by Gasteiger charge is -2.34. The topological polar surface area (TPSA) is 102 Å². The monoisotopic (exact) mass is 682 g/mol. The molecule has 0 saturated heterocycles. The van der Waals surface area contributed by atoms with E-state index in [0.29, 0.717) is 12.8 Å². The number of aliphatic carboxylic acids is 1. The first-order valence-electron chi connectivity index (χ1n) is 19.7. The highest BCUT2D eigenvalue weighted by Gasteiger charge is 2.25. The van der Waals surface area contributed by atoms with Crippen LogP contribution < -0.4 is 5.11 Å². The van der Waals surface area contributed by atoms with Crippen molar-refractivity contribution in [2.75, 3.05) is 41.0 Å². The van der Waals surface area contributed by atoms with E-state index in [9.17, 15) is 19.5 Å². The van der Waals surface area contributed by atoms with Gasteiger partial charge in [0.1, 0.15) is 12.6 Å². The number of hydrogen-bond acceptors (Lipinski definition) is 7. The zero-order chi connectivity index (χ0) is 35.7. The van der Waals surface area contributed by atoms with Crippen LogP contribution in [0.2, 0.25) is 0 Å². The van der Waals surface area contributed by atoms with E-state index in [1.807, 2.05) is 0 Å². The Morgan fingerprint density at radius 1 is 0.604 bits per heavy atom. The summed E-state index contributed by atoms with van der Waals surface area (Å²) >= 11 is 0. The number of carbonyl (C=O) groups excluding carboxylic acids is 3. The van der Waals surface area contributed by atoms with Crippen molar-refractivity contribution in [3.05, 3.63) is 12.2 Å². The molecule has 2 unspecified atom stereocenters. The molecule has 0 spiro atoms. The highest BCUT2D eigenvalue weighted by Crippen LogP contribution is 2.14. The Labute approximate surface area is 295 Å². The van der Waals surface area contributed by atoms with E-state index in [1.165, 1.54) is 103 Å². The summed E-state index contributed by atoms with van der Waals surface area (Å²) in [7, 11) is 5.39. The Morgan fingerprint density at radius 3 is 1.50 bits per heavy atom. The van der Waals surface area contributed by atoms with Gasteiger partial charge in [-0.2, -0.15) is 0 Å². The van der Waals surface area contributed by atoms with Crippen molar-refractivity contribution in [1.82, 2.24) is 0 Å². The average Bonchev–Trinajstić information content (AvgIpc) is 3.03. The van der Waals surface area contributed by atoms with Crippen LogP contribution in [0.3, 0.4) is 0 Å². The lowest BCUT2D eigenvalue weighted by Crippen LogP contribution is -2.55. The molecule has 0 aliphatic heterocycles. The maximum Gasteiger partial charge on any atom is 0.306 e. The predicted molar refractivity (Wildman–Crippen MR) is 194 cm³/mol. The summed E-state index contributed by atoms with van der Waals surface area (Å²) in [6, 6.07) is -0.720. The van der Waals surface area contributed by atoms with E-state index in [4.69, 9.17) is 14.2 Å². The Balaban J connectivity index is 4.26. The first-order chi connectivity index (χ1) is 23.1. The molecule has 282 valence electrons. The minimum Gasteiger partial charge on any atom is -0.544 e. The van der Waals surface area contributed by atoms with Crippen molar-refractivity contribution in [3.63, 3.8) is 0 Å². The molecule has 0 fully saturated rings. The van der Waals surface area contributed by atoms with Gasteiger partial charge in [-0.1, -0.05) is 129 Å². The molecule has 0 aliphatic carbocycles. The fourth-order valence-electron chi connectivity index (χ4n) is 5.77. The van der Waals surface area contributed by atoms with Crippen LogP contribution in [0.15, 0.2) is 12.2 Å².